The van der Waals surface area contributed by atoms with Crippen molar-refractivity contribution in [2.24, 2.45) is 0 Å². The Bertz CT molecular complexity index is 1140. The fraction of sp³-hybridized carbons (Fsp3) is 0.200. The van der Waals surface area contributed by atoms with Crippen molar-refractivity contribution in [3.8, 4) is 6.07 Å². The van der Waals surface area contributed by atoms with Crippen LogP contribution in [-0.4, -0.2) is 27.8 Å². The molecule has 0 fully saturated rings. The first kappa shape index (κ1) is 19.8. The van der Waals surface area contributed by atoms with E-state index in [1.54, 1.807) is 6.07 Å². The summed E-state index contributed by atoms with van der Waals surface area (Å²) in [5.74, 6) is -0.581. The van der Waals surface area contributed by atoms with Crippen LogP contribution < -0.4 is 10.2 Å². The number of aromatic nitrogens is 3. The minimum absolute atomic E-state index is 0.103. The molecule has 3 aromatic rings. The topological polar surface area (TPSA) is 107 Å². The monoisotopic (exact) mass is 426 g/mol. The smallest absolute Gasteiger partial charge is 0.326 e. The van der Waals surface area contributed by atoms with Gasteiger partial charge in [0.2, 0.25) is 0 Å². The Balaban J connectivity index is 1.66. The Morgan fingerprint density at radius 1 is 1.40 bits per heavy atom. The molecular formula is C20H16ClFN6O2. The maximum absolute atomic E-state index is 13.4. The van der Waals surface area contributed by atoms with E-state index < -0.39 is 11.8 Å². The Labute approximate surface area is 176 Å². The molecule has 0 atom stereocenters. The number of anilines is 2. The molecule has 0 radical (unpaired) electrons. The predicted octanol–water partition coefficient (Wildman–Crippen LogP) is 3.78. The average Bonchev–Trinajstić information content (AvgIpc) is 3.17. The van der Waals surface area contributed by atoms with E-state index in [4.69, 9.17) is 16.3 Å². The zero-order valence-electron chi connectivity index (χ0n) is 15.7. The number of rotatable bonds is 4. The second-order valence-electron chi connectivity index (χ2n) is 6.59. The van der Waals surface area contributed by atoms with Crippen molar-refractivity contribution in [3.05, 3.63) is 70.0 Å². The van der Waals surface area contributed by atoms with Crippen LogP contribution in [0.3, 0.4) is 0 Å². The van der Waals surface area contributed by atoms with Gasteiger partial charge in [0, 0.05) is 29.6 Å². The maximum Gasteiger partial charge on any atom is 0.326 e. The fourth-order valence-corrected chi connectivity index (χ4v) is 3.32. The van der Waals surface area contributed by atoms with Crippen molar-refractivity contribution < 1.29 is 13.9 Å². The molecule has 1 aromatic carbocycles. The van der Waals surface area contributed by atoms with Crippen molar-refractivity contribution in [3.63, 3.8) is 0 Å². The van der Waals surface area contributed by atoms with Crippen LogP contribution in [0.15, 0.2) is 36.5 Å². The molecule has 1 aliphatic rings. The van der Waals surface area contributed by atoms with E-state index in [9.17, 15) is 14.4 Å². The van der Waals surface area contributed by atoms with E-state index in [2.05, 4.69) is 20.5 Å². The molecule has 2 aromatic heterocycles. The number of ether oxygens (including phenoxy) is 1. The number of benzene rings is 1. The number of carbonyl (C=O) groups is 1. The molecule has 2 amide bonds. The first-order valence-electron chi connectivity index (χ1n) is 9.07. The molecule has 0 saturated carbocycles. The van der Waals surface area contributed by atoms with Gasteiger partial charge in [0.25, 0.3) is 0 Å². The molecule has 152 valence electrons. The second-order valence-corrected chi connectivity index (χ2v) is 6.99. The fourth-order valence-electron chi connectivity index (χ4n) is 3.14. The number of fused-ring (bicyclic) bond motifs is 1. The summed E-state index contributed by atoms with van der Waals surface area (Å²) in [6.45, 7) is 1.15. The Morgan fingerprint density at radius 3 is 3.07 bits per heavy atom. The van der Waals surface area contributed by atoms with Crippen LogP contribution in [0.25, 0.3) is 0 Å². The summed E-state index contributed by atoms with van der Waals surface area (Å²) in [5, 5.41) is 19.1. The van der Waals surface area contributed by atoms with Crippen molar-refractivity contribution in [1.29, 1.82) is 5.26 Å². The molecule has 8 nitrogen and oxygen atoms in total. The van der Waals surface area contributed by atoms with E-state index in [1.807, 2.05) is 6.07 Å². The van der Waals surface area contributed by atoms with Gasteiger partial charge in [-0.05, 0) is 30.3 Å². The highest BCUT2D eigenvalue weighted by atomic mass is 35.5. The van der Waals surface area contributed by atoms with Gasteiger partial charge in [-0.2, -0.15) is 10.4 Å². The van der Waals surface area contributed by atoms with Crippen LogP contribution in [0.4, 0.5) is 20.6 Å². The standard InChI is InChI=1S/C20H16ClFN6O2/c21-16-8-12(1-2-17(16)22)25-20(29)28(14-3-5-24-13(7-14)9-23)10-19-15-11-30-6-4-18(15)26-27-19/h1-3,5,7-8H,4,6,10-11H2,(H,25,29)(H,26,27). The predicted molar refractivity (Wildman–Crippen MR) is 108 cm³/mol. The molecular weight excluding hydrogens is 411 g/mol. The summed E-state index contributed by atoms with van der Waals surface area (Å²) in [5.41, 5.74) is 3.52. The number of nitrogens with zero attached hydrogens (tertiary/aromatic N) is 4. The second kappa shape index (κ2) is 8.49. The molecule has 3 heterocycles. The van der Waals surface area contributed by atoms with Crippen LogP contribution in [0, 0.1) is 17.1 Å². The highest BCUT2D eigenvalue weighted by molar-refractivity contribution is 6.31. The lowest BCUT2D eigenvalue weighted by Crippen LogP contribution is -2.35. The molecule has 2 N–H and O–H groups in total. The number of nitrogens with one attached hydrogen (secondary N) is 2. The molecule has 0 saturated heterocycles. The number of amides is 2. The van der Waals surface area contributed by atoms with E-state index in [0.29, 0.717) is 30.3 Å². The van der Waals surface area contributed by atoms with E-state index in [0.717, 1.165) is 17.7 Å². The molecule has 0 unspecified atom stereocenters. The summed E-state index contributed by atoms with van der Waals surface area (Å²) in [6.07, 6.45) is 2.17. The van der Waals surface area contributed by atoms with Crippen LogP contribution in [0.1, 0.15) is 22.6 Å². The van der Waals surface area contributed by atoms with E-state index in [1.165, 1.54) is 35.4 Å². The Morgan fingerprint density at radius 2 is 2.27 bits per heavy atom. The summed E-state index contributed by atoms with van der Waals surface area (Å²) < 4.78 is 19.0. The van der Waals surface area contributed by atoms with Gasteiger partial charge in [0.15, 0.2) is 0 Å². The third kappa shape index (κ3) is 4.10. The van der Waals surface area contributed by atoms with Gasteiger partial charge in [-0.25, -0.2) is 14.2 Å². The third-order valence-corrected chi connectivity index (χ3v) is 4.96. The zero-order valence-corrected chi connectivity index (χ0v) is 16.4. The van der Waals surface area contributed by atoms with Gasteiger partial charge < -0.3 is 10.1 Å². The largest absolute Gasteiger partial charge is 0.376 e. The lowest BCUT2D eigenvalue weighted by Gasteiger charge is -2.23. The molecule has 1 aliphatic heterocycles. The lowest BCUT2D eigenvalue weighted by molar-refractivity contribution is 0.109. The molecule has 0 spiro atoms. The summed E-state index contributed by atoms with van der Waals surface area (Å²) in [6, 6.07) is 8.50. The number of urea groups is 1. The van der Waals surface area contributed by atoms with Gasteiger partial charge in [0.05, 0.1) is 36.2 Å². The SMILES string of the molecule is N#Cc1cc(N(Cc2n[nH]c3c2COCC3)C(=O)Nc2ccc(F)c(Cl)c2)ccn1. The van der Waals surface area contributed by atoms with E-state index in [-0.39, 0.29) is 17.3 Å². The van der Waals surface area contributed by atoms with Crippen LogP contribution in [0.5, 0.6) is 0 Å². The number of hydrogen-bond acceptors (Lipinski definition) is 5. The number of carbonyl (C=O) groups excluding carboxylic acids is 1. The minimum atomic E-state index is -0.581. The number of aromatic amines is 1. The van der Waals surface area contributed by atoms with Gasteiger partial charge >= 0.3 is 6.03 Å². The van der Waals surface area contributed by atoms with Crippen LogP contribution in [-0.2, 0) is 24.3 Å². The number of nitriles is 1. The quantitative estimate of drug-likeness (QED) is 0.660. The van der Waals surface area contributed by atoms with Crippen LogP contribution >= 0.6 is 11.6 Å². The minimum Gasteiger partial charge on any atom is -0.376 e. The third-order valence-electron chi connectivity index (χ3n) is 4.67. The molecule has 10 heteroatoms. The lowest BCUT2D eigenvalue weighted by atomic mass is 10.1. The van der Waals surface area contributed by atoms with E-state index >= 15 is 0 Å². The van der Waals surface area contributed by atoms with Crippen molar-refractivity contribution in [2.75, 3.05) is 16.8 Å². The summed E-state index contributed by atoms with van der Waals surface area (Å²) >= 11 is 5.82. The zero-order chi connectivity index (χ0) is 21.1. The number of hydrogen-bond donors (Lipinski definition) is 2. The normalized spacial score (nSPS) is 12.7. The van der Waals surface area contributed by atoms with Gasteiger partial charge in [-0.3, -0.25) is 10.00 Å². The Hall–Kier alpha value is -3.48. The maximum atomic E-state index is 13.4. The van der Waals surface area contributed by atoms with Crippen LogP contribution in [0.2, 0.25) is 5.02 Å². The Kier molecular flexibility index (Phi) is 5.61. The summed E-state index contributed by atoms with van der Waals surface area (Å²) in [4.78, 5) is 18.5. The molecule has 0 bridgehead atoms. The number of halogens is 2. The molecule has 0 aliphatic carbocycles. The van der Waals surface area contributed by atoms with Gasteiger partial charge in [0.1, 0.15) is 17.6 Å². The van der Waals surface area contributed by atoms with Crippen molar-refractivity contribution in [1.82, 2.24) is 15.2 Å². The highest BCUT2D eigenvalue weighted by Gasteiger charge is 2.23. The highest BCUT2D eigenvalue weighted by Crippen LogP contribution is 2.25. The van der Waals surface area contributed by atoms with Crippen molar-refractivity contribution in [2.45, 2.75) is 19.6 Å². The first-order valence-corrected chi connectivity index (χ1v) is 9.45. The number of pyridine rings is 1. The van der Waals surface area contributed by atoms with Gasteiger partial charge in [-0.1, -0.05) is 11.6 Å². The molecule has 4 rings (SSSR count). The first-order chi connectivity index (χ1) is 14.5. The number of H-pyrrole nitrogens is 1. The molecule has 30 heavy (non-hydrogen) atoms. The summed E-state index contributed by atoms with van der Waals surface area (Å²) in [7, 11) is 0. The van der Waals surface area contributed by atoms with Gasteiger partial charge in [-0.15, -0.1) is 0 Å². The van der Waals surface area contributed by atoms with Crippen molar-refractivity contribution >= 4 is 29.0 Å². The average molecular weight is 427 g/mol.